The Kier molecular flexibility index (Phi) is 5.99. The Morgan fingerprint density at radius 1 is 1.23 bits per heavy atom. The molecular weight excluding hydrogens is 402 g/mol. The van der Waals surface area contributed by atoms with E-state index in [2.05, 4.69) is 14.9 Å². The summed E-state index contributed by atoms with van der Waals surface area (Å²) in [6, 6.07) is 5.67. The van der Waals surface area contributed by atoms with Gasteiger partial charge in [0.25, 0.3) is 0 Å². The van der Waals surface area contributed by atoms with Gasteiger partial charge in [-0.2, -0.15) is 0 Å². The lowest BCUT2D eigenvalue weighted by molar-refractivity contribution is -0.131. The van der Waals surface area contributed by atoms with Crippen LogP contribution in [0.25, 0.3) is 11.3 Å². The minimum Gasteiger partial charge on any atom is -0.341 e. The summed E-state index contributed by atoms with van der Waals surface area (Å²) >= 11 is 0. The molecule has 0 unspecified atom stereocenters. The Hall–Kier alpha value is -2.55. The Morgan fingerprint density at radius 3 is 2.70 bits per heavy atom. The van der Waals surface area contributed by atoms with E-state index in [-0.39, 0.29) is 29.8 Å². The molecule has 2 fully saturated rings. The molecule has 4 rings (SSSR count). The number of nitrogens with zero attached hydrogens (tertiary/aromatic N) is 5. The average Bonchev–Trinajstić information content (AvgIpc) is 3.38. The third-order valence-corrected chi connectivity index (χ3v) is 7.62. The maximum absolute atomic E-state index is 12.8. The fourth-order valence-electron chi connectivity index (χ4n) is 4.08. The van der Waals surface area contributed by atoms with E-state index in [9.17, 15) is 13.2 Å². The van der Waals surface area contributed by atoms with Crippen LogP contribution in [-0.4, -0.2) is 65.8 Å². The van der Waals surface area contributed by atoms with Gasteiger partial charge in [-0.15, -0.1) is 0 Å². The Labute approximate surface area is 177 Å². The molecule has 2 saturated heterocycles. The second kappa shape index (κ2) is 8.67. The molecule has 2 aliphatic heterocycles. The number of amides is 1. The molecule has 2 aromatic rings. The first-order chi connectivity index (χ1) is 14.4. The predicted octanol–water partition coefficient (Wildman–Crippen LogP) is 1.92. The van der Waals surface area contributed by atoms with E-state index in [0.29, 0.717) is 18.9 Å². The number of hydrogen-bond acceptors (Lipinski definition) is 7. The molecular formula is C21H27N5O3S. The molecule has 9 heteroatoms. The van der Waals surface area contributed by atoms with E-state index in [1.165, 1.54) is 0 Å². The fourth-order valence-corrected chi connectivity index (χ4v) is 5.94. The van der Waals surface area contributed by atoms with Crippen LogP contribution in [0.2, 0.25) is 0 Å². The molecule has 2 aromatic heterocycles. The summed E-state index contributed by atoms with van der Waals surface area (Å²) in [5, 5.41) is 0. The van der Waals surface area contributed by atoms with Crippen molar-refractivity contribution < 1.29 is 13.2 Å². The smallest absolute Gasteiger partial charge is 0.225 e. The van der Waals surface area contributed by atoms with Crippen LogP contribution >= 0.6 is 0 Å². The number of carbonyl (C=O) groups excluding carboxylic acids is 1. The lowest BCUT2D eigenvalue weighted by Crippen LogP contribution is -2.29. The van der Waals surface area contributed by atoms with Crippen molar-refractivity contribution in [3.05, 3.63) is 36.3 Å². The van der Waals surface area contributed by atoms with Crippen LogP contribution in [0.1, 0.15) is 31.4 Å². The minimum atomic E-state index is -2.99. The van der Waals surface area contributed by atoms with Crippen LogP contribution < -0.4 is 4.90 Å². The van der Waals surface area contributed by atoms with Gasteiger partial charge in [-0.05, 0) is 37.3 Å². The second-order valence-electron chi connectivity index (χ2n) is 8.16. The zero-order chi connectivity index (χ0) is 21.1. The molecule has 30 heavy (non-hydrogen) atoms. The van der Waals surface area contributed by atoms with Crippen LogP contribution in [0.4, 0.5) is 5.95 Å². The van der Waals surface area contributed by atoms with Gasteiger partial charge in [0.05, 0.1) is 29.4 Å². The number of anilines is 1. The van der Waals surface area contributed by atoms with Crippen LogP contribution in [0, 0.1) is 5.92 Å². The molecule has 0 aliphatic carbocycles. The largest absolute Gasteiger partial charge is 0.341 e. The van der Waals surface area contributed by atoms with Gasteiger partial charge in [0.15, 0.2) is 9.84 Å². The van der Waals surface area contributed by atoms with Crippen molar-refractivity contribution in [2.24, 2.45) is 5.92 Å². The number of pyridine rings is 1. The van der Waals surface area contributed by atoms with Crippen LogP contribution in [0.5, 0.6) is 0 Å². The topological polar surface area (TPSA) is 96.4 Å². The van der Waals surface area contributed by atoms with Crippen molar-refractivity contribution in [3.8, 4) is 11.3 Å². The summed E-state index contributed by atoms with van der Waals surface area (Å²) < 4.78 is 23.4. The summed E-state index contributed by atoms with van der Waals surface area (Å²) in [5.74, 6) is 0.822. The first-order valence-corrected chi connectivity index (χ1v) is 12.2. The van der Waals surface area contributed by atoms with Crippen molar-refractivity contribution in [2.75, 3.05) is 36.5 Å². The van der Waals surface area contributed by atoms with Crippen LogP contribution in [0.15, 0.2) is 30.6 Å². The normalized spacial score (nSPS) is 20.4. The molecule has 0 aromatic carbocycles. The van der Waals surface area contributed by atoms with Gasteiger partial charge in [0.1, 0.15) is 0 Å². The molecule has 1 atom stereocenters. The van der Waals surface area contributed by atoms with Gasteiger partial charge in [0, 0.05) is 44.5 Å². The van der Waals surface area contributed by atoms with Gasteiger partial charge in [-0.1, -0.05) is 6.07 Å². The fraction of sp³-hybridized carbons (Fsp3) is 0.524. The van der Waals surface area contributed by atoms with Crippen molar-refractivity contribution in [3.63, 3.8) is 0 Å². The number of carbonyl (C=O) groups is 1. The van der Waals surface area contributed by atoms with Gasteiger partial charge in [0.2, 0.25) is 11.9 Å². The maximum atomic E-state index is 12.8. The highest BCUT2D eigenvalue weighted by molar-refractivity contribution is 7.91. The van der Waals surface area contributed by atoms with Crippen molar-refractivity contribution in [1.29, 1.82) is 0 Å². The van der Waals surface area contributed by atoms with E-state index in [0.717, 1.165) is 42.9 Å². The molecule has 0 N–H and O–H groups in total. The summed E-state index contributed by atoms with van der Waals surface area (Å²) in [6.07, 6.45) is 6.59. The van der Waals surface area contributed by atoms with E-state index in [1.807, 2.05) is 18.2 Å². The number of aromatic nitrogens is 3. The number of sulfone groups is 1. The zero-order valence-electron chi connectivity index (χ0n) is 17.2. The summed E-state index contributed by atoms with van der Waals surface area (Å²) in [4.78, 5) is 30.3. The molecule has 0 saturated carbocycles. The molecule has 0 bridgehead atoms. The highest BCUT2D eigenvalue weighted by Gasteiger charge is 2.30. The lowest BCUT2D eigenvalue weighted by Gasteiger charge is -2.22. The van der Waals surface area contributed by atoms with Gasteiger partial charge in [-0.25, -0.2) is 18.4 Å². The van der Waals surface area contributed by atoms with E-state index >= 15 is 0 Å². The highest BCUT2D eigenvalue weighted by atomic mass is 32.2. The summed E-state index contributed by atoms with van der Waals surface area (Å²) in [6.45, 7) is 2.20. The standard InChI is InChI=1S/C21H27N5O3S/c1-25(20(27)12-16-7-11-30(28,29)15-16)14-19-17(18-6-2-3-8-22-18)13-23-21(24-19)26-9-4-5-10-26/h2-3,6,8,13,16H,4-5,7,9-12,14-15H2,1H3/t16-/m0/s1. The first-order valence-electron chi connectivity index (χ1n) is 10.4. The van der Waals surface area contributed by atoms with Crippen LogP contribution in [0.3, 0.4) is 0 Å². The highest BCUT2D eigenvalue weighted by Crippen LogP contribution is 2.26. The monoisotopic (exact) mass is 429 g/mol. The average molecular weight is 430 g/mol. The zero-order valence-corrected chi connectivity index (χ0v) is 18.0. The maximum Gasteiger partial charge on any atom is 0.225 e. The SMILES string of the molecule is CN(Cc1nc(N2CCCC2)ncc1-c1ccccn1)C(=O)C[C@@H]1CCS(=O)(=O)C1. The number of rotatable bonds is 6. The van der Waals surface area contributed by atoms with E-state index in [1.54, 1.807) is 24.3 Å². The third kappa shape index (κ3) is 4.77. The lowest BCUT2D eigenvalue weighted by atomic mass is 10.0. The van der Waals surface area contributed by atoms with Crippen molar-refractivity contribution >= 4 is 21.7 Å². The molecule has 0 spiro atoms. The molecule has 8 nitrogen and oxygen atoms in total. The van der Waals surface area contributed by atoms with E-state index in [4.69, 9.17) is 4.98 Å². The second-order valence-corrected chi connectivity index (χ2v) is 10.4. The van der Waals surface area contributed by atoms with Gasteiger partial charge in [-0.3, -0.25) is 9.78 Å². The minimum absolute atomic E-state index is 0.0644. The summed E-state index contributed by atoms with van der Waals surface area (Å²) in [5.41, 5.74) is 2.32. The molecule has 1 amide bonds. The third-order valence-electron chi connectivity index (χ3n) is 5.79. The molecule has 160 valence electrons. The Morgan fingerprint density at radius 2 is 2.03 bits per heavy atom. The predicted molar refractivity (Wildman–Crippen MR) is 115 cm³/mol. The molecule has 0 radical (unpaired) electrons. The molecule has 4 heterocycles. The quantitative estimate of drug-likeness (QED) is 0.692. The van der Waals surface area contributed by atoms with Gasteiger partial charge < -0.3 is 9.80 Å². The van der Waals surface area contributed by atoms with Gasteiger partial charge >= 0.3 is 0 Å². The van der Waals surface area contributed by atoms with Crippen LogP contribution in [-0.2, 0) is 21.2 Å². The number of hydrogen-bond donors (Lipinski definition) is 0. The first kappa shape index (κ1) is 20.7. The summed E-state index contributed by atoms with van der Waals surface area (Å²) in [7, 11) is -1.25. The Balaban J connectivity index is 1.54. The van der Waals surface area contributed by atoms with Crippen molar-refractivity contribution in [2.45, 2.75) is 32.2 Å². The van der Waals surface area contributed by atoms with Crippen molar-refractivity contribution in [1.82, 2.24) is 19.9 Å². The Bertz CT molecular complexity index is 1010. The van der Waals surface area contributed by atoms with E-state index < -0.39 is 9.84 Å². The molecule has 2 aliphatic rings.